The van der Waals surface area contributed by atoms with Crippen LogP contribution in [0.1, 0.15) is 19.8 Å². The van der Waals surface area contributed by atoms with Crippen LogP contribution in [0.5, 0.6) is 0 Å². The molecule has 0 saturated heterocycles. The Bertz CT molecular complexity index is 249. The molecule has 1 rings (SSSR count). The second-order valence-electron chi connectivity index (χ2n) is 2.94. The fourth-order valence-corrected chi connectivity index (χ4v) is 1.83. The Kier molecular flexibility index (Phi) is 4.17. The molecule has 0 radical (unpaired) electrons. The predicted octanol–water partition coefficient (Wildman–Crippen LogP) is 0.430. The minimum atomic E-state index is 0.242. The minimum Gasteiger partial charge on any atom is -0.327 e. The van der Waals surface area contributed by atoms with Crippen LogP contribution in [-0.2, 0) is 7.05 Å². The zero-order valence-corrected chi connectivity index (χ0v) is 8.79. The third-order valence-electron chi connectivity index (χ3n) is 1.67. The fourth-order valence-electron chi connectivity index (χ4n) is 0.979. The monoisotopic (exact) mass is 201 g/mol. The predicted molar refractivity (Wildman–Crippen MR) is 52.4 cm³/mol. The zero-order chi connectivity index (χ0) is 9.68. The molecule has 0 aromatic carbocycles. The van der Waals surface area contributed by atoms with E-state index in [1.807, 2.05) is 7.05 Å². The van der Waals surface area contributed by atoms with Crippen molar-refractivity contribution in [1.29, 1.82) is 0 Å². The van der Waals surface area contributed by atoms with E-state index in [1.165, 1.54) is 0 Å². The zero-order valence-electron chi connectivity index (χ0n) is 7.97. The maximum atomic E-state index is 5.85. The summed E-state index contributed by atoms with van der Waals surface area (Å²) in [6.45, 7) is 2.13. The lowest BCUT2D eigenvalue weighted by Crippen LogP contribution is -2.22. The van der Waals surface area contributed by atoms with Crippen LogP contribution in [0.3, 0.4) is 0 Å². The summed E-state index contributed by atoms with van der Waals surface area (Å²) in [4.78, 5) is 0. The first-order chi connectivity index (χ1) is 6.24. The van der Waals surface area contributed by atoms with Crippen molar-refractivity contribution in [2.24, 2.45) is 12.8 Å². The second kappa shape index (κ2) is 5.18. The Morgan fingerprint density at radius 2 is 2.38 bits per heavy atom. The first-order valence-corrected chi connectivity index (χ1v) is 5.33. The molecule has 1 aromatic rings. The van der Waals surface area contributed by atoms with Gasteiger partial charge in [0.05, 0.1) is 0 Å². The number of nitrogens with zero attached hydrogens (tertiary/aromatic N) is 4. The van der Waals surface area contributed by atoms with E-state index >= 15 is 0 Å². The van der Waals surface area contributed by atoms with Crippen LogP contribution >= 0.6 is 11.8 Å². The van der Waals surface area contributed by atoms with E-state index in [4.69, 9.17) is 5.73 Å². The number of hydrogen-bond acceptors (Lipinski definition) is 5. The highest BCUT2D eigenvalue weighted by molar-refractivity contribution is 7.99. The van der Waals surface area contributed by atoms with E-state index in [1.54, 1.807) is 16.4 Å². The smallest absolute Gasteiger partial charge is 0.209 e. The summed E-state index contributed by atoms with van der Waals surface area (Å²) < 4.78 is 1.66. The summed E-state index contributed by atoms with van der Waals surface area (Å²) in [5.41, 5.74) is 5.85. The van der Waals surface area contributed by atoms with Crippen LogP contribution in [0.4, 0.5) is 0 Å². The number of aromatic nitrogens is 4. The number of tetrazole rings is 1. The second-order valence-corrected chi connectivity index (χ2v) is 3.93. The van der Waals surface area contributed by atoms with Crippen molar-refractivity contribution in [3.63, 3.8) is 0 Å². The van der Waals surface area contributed by atoms with E-state index in [9.17, 15) is 0 Å². The molecule has 1 atom stereocenters. The molecule has 0 fully saturated rings. The Hall–Kier alpha value is -0.620. The third-order valence-corrected chi connectivity index (χ3v) is 2.87. The van der Waals surface area contributed by atoms with Gasteiger partial charge in [-0.1, -0.05) is 25.1 Å². The first-order valence-electron chi connectivity index (χ1n) is 4.34. The maximum absolute atomic E-state index is 5.85. The Labute approximate surface area is 82.1 Å². The molecular formula is C7H15N5S. The largest absolute Gasteiger partial charge is 0.327 e. The molecule has 1 aromatic heterocycles. The maximum Gasteiger partial charge on any atom is 0.209 e. The third kappa shape index (κ3) is 3.31. The first kappa shape index (κ1) is 10.5. The van der Waals surface area contributed by atoms with Crippen molar-refractivity contribution in [3.8, 4) is 0 Å². The van der Waals surface area contributed by atoms with Crippen LogP contribution in [0, 0.1) is 0 Å². The van der Waals surface area contributed by atoms with Gasteiger partial charge in [-0.05, 0) is 16.8 Å². The molecule has 0 aliphatic rings. The van der Waals surface area contributed by atoms with Crippen LogP contribution in [0.2, 0.25) is 0 Å². The number of aryl methyl sites for hydroxylation is 1. The molecule has 5 nitrogen and oxygen atoms in total. The van der Waals surface area contributed by atoms with Crippen LogP contribution in [0.15, 0.2) is 5.16 Å². The van der Waals surface area contributed by atoms with Crippen molar-refractivity contribution in [2.75, 3.05) is 5.75 Å². The van der Waals surface area contributed by atoms with Crippen molar-refractivity contribution in [1.82, 2.24) is 20.2 Å². The van der Waals surface area contributed by atoms with Gasteiger partial charge in [-0.25, -0.2) is 4.68 Å². The molecule has 0 spiro atoms. The van der Waals surface area contributed by atoms with Gasteiger partial charge in [-0.15, -0.1) is 5.10 Å². The van der Waals surface area contributed by atoms with Gasteiger partial charge in [0.2, 0.25) is 5.16 Å². The van der Waals surface area contributed by atoms with Gasteiger partial charge in [0, 0.05) is 18.8 Å². The molecule has 0 bridgehead atoms. The summed E-state index contributed by atoms with van der Waals surface area (Å²) in [6, 6.07) is 0.242. The normalized spacial score (nSPS) is 13.2. The SMILES string of the molecule is CCCC(N)CSc1nnnn1C. The van der Waals surface area contributed by atoms with E-state index in [-0.39, 0.29) is 6.04 Å². The lowest BCUT2D eigenvalue weighted by molar-refractivity contribution is 0.649. The summed E-state index contributed by atoms with van der Waals surface area (Å²) in [5, 5.41) is 12.0. The van der Waals surface area contributed by atoms with Crippen LogP contribution < -0.4 is 5.73 Å². The molecule has 0 amide bonds. The van der Waals surface area contributed by atoms with Gasteiger partial charge < -0.3 is 5.73 Å². The Balaban J connectivity index is 2.30. The summed E-state index contributed by atoms with van der Waals surface area (Å²) in [7, 11) is 1.83. The highest BCUT2D eigenvalue weighted by atomic mass is 32.2. The summed E-state index contributed by atoms with van der Waals surface area (Å²) in [5.74, 6) is 0.877. The van der Waals surface area contributed by atoms with E-state index in [0.717, 1.165) is 23.8 Å². The van der Waals surface area contributed by atoms with Crippen LogP contribution in [0.25, 0.3) is 0 Å². The molecule has 0 aliphatic heterocycles. The van der Waals surface area contributed by atoms with E-state index in [0.29, 0.717) is 0 Å². The van der Waals surface area contributed by atoms with E-state index in [2.05, 4.69) is 22.4 Å². The number of thioether (sulfide) groups is 1. The minimum absolute atomic E-state index is 0.242. The Morgan fingerprint density at radius 3 is 2.92 bits per heavy atom. The molecule has 13 heavy (non-hydrogen) atoms. The molecule has 0 aliphatic carbocycles. The van der Waals surface area contributed by atoms with Gasteiger partial charge in [0.15, 0.2) is 0 Å². The van der Waals surface area contributed by atoms with Gasteiger partial charge in [0.1, 0.15) is 0 Å². The van der Waals surface area contributed by atoms with Crippen molar-refractivity contribution in [2.45, 2.75) is 31.0 Å². The van der Waals surface area contributed by atoms with Crippen molar-refractivity contribution >= 4 is 11.8 Å². The van der Waals surface area contributed by atoms with Gasteiger partial charge in [0.25, 0.3) is 0 Å². The number of nitrogens with two attached hydrogens (primary N) is 1. The summed E-state index contributed by atoms with van der Waals surface area (Å²) in [6.07, 6.45) is 2.18. The van der Waals surface area contributed by atoms with Gasteiger partial charge in [-0.2, -0.15) is 0 Å². The highest BCUT2D eigenvalue weighted by Crippen LogP contribution is 2.14. The molecule has 0 saturated carbocycles. The lowest BCUT2D eigenvalue weighted by Gasteiger charge is -2.07. The van der Waals surface area contributed by atoms with Crippen molar-refractivity contribution in [3.05, 3.63) is 0 Å². The number of hydrogen-bond donors (Lipinski definition) is 1. The molecule has 2 N–H and O–H groups in total. The highest BCUT2D eigenvalue weighted by Gasteiger charge is 2.06. The van der Waals surface area contributed by atoms with Gasteiger partial charge in [-0.3, -0.25) is 0 Å². The molecule has 1 unspecified atom stereocenters. The average Bonchev–Trinajstić information content (AvgIpc) is 2.48. The standard InChI is InChI=1S/C7H15N5S/c1-3-4-6(8)5-13-7-9-10-11-12(7)2/h6H,3-5,8H2,1-2H3. The molecule has 1 heterocycles. The number of rotatable bonds is 5. The molecule has 74 valence electrons. The van der Waals surface area contributed by atoms with Crippen molar-refractivity contribution < 1.29 is 0 Å². The van der Waals surface area contributed by atoms with Gasteiger partial charge >= 0.3 is 0 Å². The quantitative estimate of drug-likeness (QED) is 0.700. The summed E-state index contributed by atoms with van der Waals surface area (Å²) >= 11 is 1.60. The molecule has 6 heteroatoms. The average molecular weight is 201 g/mol. The van der Waals surface area contributed by atoms with Crippen LogP contribution in [-0.4, -0.2) is 32.0 Å². The fraction of sp³-hybridized carbons (Fsp3) is 0.857. The Morgan fingerprint density at radius 1 is 1.62 bits per heavy atom. The van der Waals surface area contributed by atoms with E-state index < -0.39 is 0 Å². The lowest BCUT2D eigenvalue weighted by atomic mass is 10.2. The topological polar surface area (TPSA) is 69.6 Å². The molecular weight excluding hydrogens is 186 g/mol.